The first kappa shape index (κ1) is 17.9. The Morgan fingerprint density at radius 2 is 2.09 bits per heavy atom. The summed E-state index contributed by atoms with van der Waals surface area (Å²) in [5, 5.41) is 7.78. The molecule has 126 valence electrons. The van der Waals surface area contributed by atoms with E-state index < -0.39 is 28.5 Å². The van der Waals surface area contributed by atoms with Crippen molar-refractivity contribution in [1.29, 1.82) is 0 Å². The summed E-state index contributed by atoms with van der Waals surface area (Å²) in [7, 11) is -3.93. The van der Waals surface area contributed by atoms with Gasteiger partial charge in [-0.2, -0.15) is 0 Å². The minimum Gasteiger partial charge on any atom is -0.452 e. The Bertz CT molecular complexity index is 731. The molecule has 0 unspecified atom stereocenters. The van der Waals surface area contributed by atoms with E-state index in [1.54, 1.807) is 0 Å². The van der Waals surface area contributed by atoms with Crippen molar-refractivity contribution in [2.45, 2.75) is 30.7 Å². The van der Waals surface area contributed by atoms with Gasteiger partial charge in [0.25, 0.3) is 5.91 Å². The smallest absolute Gasteiger partial charge is 0.339 e. The fourth-order valence-electron chi connectivity index (χ4n) is 2.06. The van der Waals surface area contributed by atoms with Crippen molar-refractivity contribution in [1.82, 2.24) is 5.32 Å². The zero-order valence-corrected chi connectivity index (χ0v) is 14.8. The molecule has 1 aromatic rings. The molecular formula is C14H17BrN2O5S. The van der Waals surface area contributed by atoms with Crippen LogP contribution in [0.15, 0.2) is 27.6 Å². The lowest BCUT2D eigenvalue weighted by Gasteiger charge is -2.13. The number of nitrogens with two attached hydrogens (primary N) is 1. The molecule has 1 fully saturated rings. The number of carbonyl (C=O) groups excluding carboxylic acids is 2. The summed E-state index contributed by atoms with van der Waals surface area (Å²) < 4.78 is 27.9. The van der Waals surface area contributed by atoms with Gasteiger partial charge in [0.15, 0.2) is 6.61 Å². The summed E-state index contributed by atoms with van der Waals surface area (Å²) in [4.78, 5) is 23.5. The fraction of sp³-hybridized carbons (Fsp3) is 0.429. The fourth-order valence-corrected chi connectivity index (χ4v) is 3.00. The van der Waals surface area contributed by atoms with Gasteiger partial charge in [0.05, 0.1) is 10.5 Å². The second kappa shape index (κ2) is 6.98. The Morgan fingerprint density at radius 3 is 2.65 bits per heavy atom. The van der Waals surface area contributed by atoms with Crippen LogP contribution in [0.4, 0.5) is 0 Å². The molecule has 0 bridgehead atoms. The summed E-state index contributed by atoms with van der Waals surface area (Å²) in [6, 6.07) is 3.80. The average molecular weight is 405 g/mol. The molecule has 1 aliphatic carbocycles. The van der Waals surface area contributed by atoms with Crippen LogP contribution in [-0.4, -0.2) is 32.9 Å². The Morgan fingerprint density at radius 1 is 1.43 bits per heavy atom. The van der Waals surface area contributed by atoms with Crippen molar-refractivity contribution in [2.24, 2.45) is 11.1 Å². The van der Waals surface area contributed by atoms with Crippen LogP contribution in [0.25, 0.3) is 0 Å². The number of esters is 1. The van der Waals surface area contributed by atoms with Crippen LogP contribution in [0.2, 0.25) is 0 Å². The Hall–Kier alpha value is -1.45. The lowest BCUT2D eigenvalue weighted by Crippen LogP contribution is -2.37. The first-order valence-corrected chi connectivity index (χ1v) is 9.31. The van der Waals surface area contributed by atoms with Crippen LogP contribution in [0, 0.1) is 5.92 Å². The lowest BCUT2D eigenvalue weighted by atomic mass is 10.2. The first-order chi connectivity index (χ1) is 10.7. The maximum Gasteiger partial charge on any atom is 0.339 e. The van der Waals surface area contributed by atoms with Crippen molar-refractivity contribution in [3.8, 4) is 0 Å². The molecule has 0 aliphatic heterocycles. The number of sulfonamides is 1. The molecule has 1 atom stereocenters. The Balaban J connectivity index is 1.98. The van der Waals surface area contributed by atoms with Crippen molar-refractivity contribution in [3.63, 3.8) is 0 Å². The molecule has 7 nitrogen and oxygen atoms in total. The third-order valence-corrected chi connectivity index (χ3v) is 5.14. The zero-order valence-electron chi connectivity index (χ0n) is 12.4. The summed E-state index contributed by atoms with van der Waals surface area (Å²) in [5.74, 6) is -0.705. The predicted octanol–water partition coefficient (Wildman–Crippen LogP) is 1.17. The summed E-state index contributed by atoms with van der Waals surface area (Å²) in [6.45, 7) is 1.48. The highest BCUT2D eigenvalue weighted by Gasteiger charge is 2.29. The maximum absolute atomic E-state index is 12.0. The molecule has 0 spiro atoms. The summed E-state index contributed by atoms with van der Waals surface area (Å²) in [5.41, 5.74) is -0.0143. The van der Waals surface area contributed by atoms with E-state index >= 15 is 0 Å². The van der Waals surface area contributed by atoms with Gasteiger partial charge in [0.1, 0.15) is 0 Å². The SMILES string of the molecule is C[C@@H](NC(=O)COC(=O)c1cc(S(N)(=O)=O)ccc1Br)C1CC1. The first-order valence-electron chi connectivity index (χ1n) is 6.97. The maximum atomic E-state index is 12.0. The molecule has 23 heavy (non-hydrogen) atoms. The van der Waals surface area contributed by atoms with Gasteiger partial charge in [0.2, 0.25) is 10.0 Å². The van der Waals surface area contributed by atoms with E-state index in [1.807, 2.05) is 6.92 Å². The molecule has 0 aromatic heterocycles. The number of halogens is 1. The molecule has 3 N–H and O–H groups in total. The van der Waals surface area contributed by atoms with E-state index in [0.29, 0.717) is 10.4 Å². The van der Waals surface area contributed by atoms with E-state index in [4.69, 9.17) is 9.88 Å². The number of rotatable bonds is 6. The van der Waals surface area contributed by atoms with E-state index in [9.17, 15) is 18.0 Å². The number of amides is 1. The van der Waals surface area contributed by atoms with Gasteiger partial charge in [-0.05, 0) is 59.8 Å². The van der Waals surface area contributed by atoms with E-state index in [1.165, 1.54) is 12.1 Å². The van der Waals surface area contributed by atoms with Crippen LogP contribution < -0.4 is 10.5 Å². The lowest BCUT2D eigenvalue weighted by molar-refractivity contribution is -0.124. The minimum atomic E-state index is -3.93. The Labute approximate surface area is 142 Å². The molecule has 0 radical (unpaired) electrons. The minimum absolute atomic E-state index is 0.0143. The molecule has 1 saturated carbocycles. The topological polar surface area (TPSA) is 116 Å². The van der Waals surface area contributed by atoms with E-state index in [2.05, 4.69) is 21.2 Å². The summed E-state index contributed by atoms with van der Waals surface area (Å²) in [6.07, 6.45) is 2.18. The largest absolute Gasteiger partial charge is 0.452 e. The molecule has 2 rings (SSSR count). The third kappa shape index (κ3) is 5.02. The molecule has 1 amide bonds. The van der Waals surface area contributed by atoms with Gasteiger partial charge in [-0.1, -0.05) is 0 Å². The highest BCUT2D eigenvalue weighted by Crippen LogP contribution is 2.32. The van der Waals surface area contributed by atoms with Gasteiger partial charge in [-0.3, -0.25) is 4.79 Å². The van der Waals surface area contributed by atoms with Crippen LogP contribution in [0.5, 0.6) is 0 Å². The van der Waals surface area contributed by atoms with Gasteiger partial charge in [-0.15, -0.1) is 0 Å². The van der Waals surface area contributed by atoms with Crippen molar-refractivity contribution in [3.05, 3.63) is 28.2 Å². The second-order valence-electron chi connectivity index (χ2n) is 5.46. The van der Waals surface area contributed by atoms with Crippen LogP contribution >= 0.6 is 15.9 Å². The molecule has 0 heterocycles. The van der Waals surface area contributed by atoms with E-state index in [-0.39, 0.29) is 16.5 Å². The van der Waals surface area contributed by atoms with Crippen LogP contribution in [-0.2, 0) is 19.6 Å². The van der Waals surface area contributed by atoms with Crippen LogP contribution in [0.3, 0.4) is 0 Å². The third-order valence-electron chi connectivity index (χ3n) is 3.54. The van der Waals surface area contributed by atoms with Gasteiger partial charge in [-0.25, -0.2) is 18.4 Å². The normalized spacial score (nSPS) is 15.8. The number of hydrogen-bond acceptors (Lipinski definition) is 5. The Kier molecular flexibility index (Phi) is 5.43. The highest BCUT2D eigenvalue weighted by atomic mass is 79.9. The average Bonchev–Trinajstić information content (AvgIpc) is 3.28. The number of benzene rings is 1. The van der Waals surface area contributed by atoms with Crippen LogP contribution in [0.1, 0.15) is 30.1 Å². The van der Waals surface area contributed by atoms with Crippen molar-refractivity contribution in [2.75, 3.05) is 6.61 Å². The van der Waals surface area contributed by atoms with Gasteiger partial charge < -0.3 is 10.1 Å². The van der Waals surface area contributed by atoms with Crippen molar-refractivity contribution < 1.29 is 22.7 Å². The molecule has 9 heteroatoms. The van der Waals surface area contributed by atoms with Gasteiger partial charge in [0, 0.05) is 10.5 Å². The quantitative estimate of drug-likeness (QED) is 0.690. The standard InChI is InChI=1S/C14H17BrN2O5S/c1-8(9-2-3-9)17-13(18)7-22-14(19)11-6-10(23(16,20)21)4-5-12(11)15/h4-6,8-9H,2-3,7H2,1H3,(H,17,18)(H2,16,20,21)/t8-/m1/s1. The predicted molar refractivity (Wildman–Crippen MR) is 86.1 cm³/mol. The number of carbonyl (C=O) groups is 2. The van der Waals surface area contributed by atoms with Gasteiger partial charge >= 0.3 is 5.97 Å². The zero-order chi connectivity index (χ0) is 17.2. The van der Waals surface area contributed by atoms with Crippen molar-refractivity contribution >= 4 is 37.8 Å². The van der Waals surface area contributed by atoms with E-state index in [0.717, 1.165) is 18.9 Å². The number of nitrogens with one attached hydrogen (secondary N) is 1. The molecule has 0 saturated heterocycles. The molecular weight excluding hydrogens is 388 g/mol. The number of ether oxygens (including phenoxy) is 1. The molecule has 1 aromatic carbocycles. The molecule has 1 aliphatic rings. The number of primary sulfonamides is 1. The summed E-state index contributed by atoms with van der Waals surface area (Å²) >= 11 is 3.14. The highest BCUT2D eigenvalue weighted by molar-refractivity contribution is 9.10. The number of hydrogen-bond donors (Lipinski definition) is 2. The second-order valence-corrected chi connectivity index (χ2v) is 7.87. The monoisotopic (exact) mass is 404 g/mol.